The number of hydrogen-bond donors (Lipinski definition) is 0. The Morgan fingerprint density at radius 3 is 0.561 bits per heavy atom. The molecule has 0 amide bonds. The standard InChI is InChI=1S/2C9H21P.4C4H11Si.Hf/c2*1-4-7-10(8-5-2)9-6-3;4*1-5(2,3)4;/h2*4-9H2,1-3H3;4*1H2,2-4H3;. The first kappa shape index (κ1) is 48.0. The summed E-state index contributed by atoms with van der Waals surface area (Å²) in [5, 5.41) is 0. The van der Waals surface area contributed by atoms with Gasteiger partial charge in [0, 0.05) is 0 Å². The monoisotopic (exact) mass is 848 g/mol. The van der Waals surface area contributed by atoms with Crippen LogP contribution in [0.1, 0.15) is 80.1 Å². The quantitative estimate of drug-likeness (QED) is 0.0846. The van der Waals surface area contributed by atoms with Crippen molar-refractivity contribution in [2.45, 2.75) is 174 Å². The van der Waals surface area contributed by atoms with Gasteiger partial charge in [-0.2, -0.15) is 0 Å². The molecular weight excluding hydrogens is 761 g/mol. The van der Waals surface area contributed by atoms with Gasteiger partial charge in [0.05, 0.1) is 0 Å². The van der Waals surface area contributed by atoms with Gasteiger partial charge in [-0.05, 0) is 37.0 Å². The van der Waals surface area contributed by atoms with Crippen LogP contribution in [-0.2, 0) is 20.0 Å². The Labute approximate surface area is 276 Å². The molecule has 0 atom stereocenters. The second-order valence-corrected chi connectivity index (χ2v) is 71.4. The second kappa shape index (κ2) is 24.7. The van der Waals surface area contributed by atoms with Crippen LogP contribution in [0.5, 0.6) is 0 Å². The van der Waals surface area contributed by atoms with Crippen molar-refractivity contribution >= 4 is 48.1 Å². The molecule has 0 aliphatic heterocycles. The first-order valence-corrected chi connectivity index (χ1v) is 46.8. The van der Waals surface area contributed by atoms with E-state index in [4.69, 9.17) is 0 Å². The molecule has 41 heavy (non-hydrogen) atoms. The Kier molecular flexibility index (Phi) is 28.9. The van der Waals surface area contributed by atoms with Gasteiger partial charge in [0.15, 0.2) is 0 Å². The molecule has 0 bridgehead atoms. The van der Waals surface area contributed by atoms with E-state index in [2.05, 4.69) is 120 Å². The summed E-state index contributed by atoms with van der Waals surface area (Å²) in [7, 11) is -2.83. The topological polar surface area (TPSA) is 0 Å². The average Bonchev–Trinajstić information content (AvgIpc) is 2.70. The van der Waals surface area contributed by atoms with Crippen LogP contribution in [0.15, 0.2) is 0 Å². The molecule has 0 aliphatic rings. The Hall–Kier alpha value is 2.60. The van der Waals surface area contributed by atoms with Crippen LogP contribution in [0.4, 0.5) is 0 Å². The fourth-order valence-electron chi connectivity index (χ4n) is 7.44. The van der Waals surface area contributed by atoms with E-state index in [0.29, 0.717) is 15.8 Å². The van der Waals surface area contributed by atoms with Crippen molar-refractivity contribution in [2.75, 3.05) is 37.0 Å². The van der Waals surface area contributed by atoms with E-state index in [1.807, 2.05) is 0 Å². The van der Waals surface area contributed by atoms with Crippen molar-refractivity contribution in [1.29, 1.82) is 0 Å². The van der Waals surface area contributed by atoms with E-state index >= 15 is 0 Å². The SMILES string of the molecule is CCCP(CCC)CCC.CCCP(CCC)CCC.C[Si](C)(C)[CH2][Hf]([CH2][Si](C)(C)C)([CH2][Si](C)(C)C)[CH2][Si](C)(C)C. The van der Waals surface area contributed by atoms with Crippen molar-refractivity contribution in [3.05, 3.63) is 0 Å². The third-order valence-electron chi connectivity index (χ3n) is 6.86. The van der Waals surface area contributed by atoms with Crippen LogP contribution < -0.4 is 0 Å². The predicted molar refractivity (Wildman–Crippen MR) is 217 cm³/mol. The third kappa shape index (κ3) is 35.3. The van der Waals surface area contributed by atoms with Gasteiger partial charge in [-0.25, -0.2) is 0 Å². The van der Waals surface area contributed by atoms with Crippen LogP contribution >= 0.6 is 15.8 Å². The summed E-state index contributed by atoms with van der Waals surface area (Å²) in [5.41, 5.74) is 0. The average molecular weight is 848 g/mol. The van der Waals surface area contributed by atoms with Crippen LogP contribution in [0.25, 0.3) is 0 Å². The molecule has 0 aliphatic carbocycles. The first-order valence-electron chi connectivity index (χ1n) is 18.0. The van der Waals surface area contributed by atoms with Gasteiger partial charge in [0.1, 0.15) is 0 Å². The van der Waals surface area contributed by atoms with E-state index in [9.17, 15) is 0 Å². The summed E-state index contributed by atoms with van der Waals surface area (Å²) in [5.74, 6) is 0. The van der Waals surface area contributed by atoms with Crippen molar-refractivity contribution < 1.29 is 20.0 Å². The van der Waals surface area contributed by atoms with Crippen LogP contribution in [0.2, 0.25) is 93.8 Å². The Morgan fingerprint density at radius 2 is 0.463 bits per heavy atom. The van der Waals surface area contributed by atoms with Gasteiger partial charge in [-0.1, -0.05) is 80.1 Å². The molecule has 0 saturated carbocycles. The fraction of sp³-hybridized carbons (Fsp3) is 1.00. The van der Waals surface area contributed by atoms with E-state index in [-0.39, 0.29) is 0 Å². The van der Waals surface area contributed by atoms with Crippen LogP contribution in [-0.4, -0.2) is 69.3 Å². The minimum absolute atomic E-state index is 0.439. The van der Waals surface area contributed by atoms with Crippen molar-refractivity contribution in [2.24, 2.45) is 0 Å². The van der Waals surface area contributed by atoms with Gasteiger partial charge in [-0.3, -0.25) is 0 Å². The molecule has 0 saturated heterocycles. The summed E-state index contributed by atoms with van der Waals surface area (Å²) in [4.78, 5) is 0. The molecular formula is C34H86HfP2Si4. The molecule has 0 nitrogen and oxygen atoms in total. The summed E-state index contributed by atoms with van der Waals surface area (Å²) in [6.45, 7) is 45.7. The van der Waals surface area contributed by atoms with Gasteiger partial charge >= 0.3 is 146 Å². The van der Waals surface area contributed by atoms with E-state index in [1.165, 1.54) is 75.5 Å². The molecule has 0 aromatic rings. The zero-order chi connectivity index (χ0) is 33.0. The van der Waals surface area contributed by atoms with E-state index < -0.39 is 52.3 Å². The number of rotatable bonds is 20. The van der Waals surface area contributed by atoms with Crippen molar-refractivity contribution in [3.63, 3.8) is 0 Å². The zero-order valence-electron chi connectivity index (χ0n) is 32.7. The molecule has 0 aromatic carbocycles. The summed E-state index contributed by atoms with van der Waals surface area (Å²) >= 11 is -2.16. The summed E-state index contributed by atoms with van der Waals surface area (Å²) in [6.07, 6.45) is 17.4. The molecule has 0 N–H and O–H groups in total. The van der Waals surface area contributed by atoms with Crippen LogP contribution in [0, 0.1) is 0 Å². The van der Waals surface area contributed by atoms with Crippen molar-refractivity contribution in [1.82, 2.24) is 0 Å². The minimum atomic E-state index is -2.16. The summed E-state index contributed by atoms with van der Waals surface area (Å²) in [6, 6.07) is 0. The molecule has 0 fully saturated rings. The normalized spacial score (nSPS) is 13.2. The summed E-state index contributed by atoms with van der Waals surface area (Å²) < 4.78 is 7.16. The third-order valence-corrected chi connectivity index (χ3v) is 98.6. The molecule has 252 valence electrons. The first-order chi connectivity index (χ1) is 18.5. The predicted octanol–water partition coefficient (Wildman–Crippen LogP) is 14.7. The van der Waals surface area contributed by atoms with Crippen molar-refractivity contribution in [3.8, 4) is 0 Å². The maximum atomic E-state index is 2.65. The molecule has 0 spiro atoms. The Balaban J connectivity index is -0.000000601. The number of hydrogen-bond acceptors (Lipinski definition) is 0. The molecule has 0 aromatic heterocycles. The Morgan fingerprint density at radius 1 is 0.317 bits per heavy atom. The maximum absolute atomic E-state index is 2.65. The van der Waals surface area contributed by atoms with Gasteiger partial charge < -0.3 is 0 Å². The van der Waals surface area contributed by atoms with Gasteiger partial charge in [-0.15, -0.1) is 15.8 Å². The molecule has 0 heterocycles. The molecule has 0 rings (SSSR count). The Bertz CT molecular complexity index is 473. The van der Waals surface area contributed by atoms with Crippen LogP contribution in [0.3, 0.4) is 0 Å². The zero-order valence-corrected chi connectivity index (χ0v) is 42.1. The van der Waals surface area contributed by atoms with E-state index in [1.54, 1.807) is 15.2 Å². The van der Waals surface area contributed by atoms with Gasteiger partial charge in [0.25, 0.3) is 0 Å². The van der Waals surface area contributed by atoms with Gasteiger partial charge in [0.2, 0.25) is 0 Å². The molecule has 0 unspecified atom stereocenters. The van der Waals surface area contributed by atoms with E-state index in [0.717, 1.165) is 0 Å². The molecule has 0 radical (unpaired) electrons. The molecule has 7 heteroatoms. The second-order valence-electron chi connectivity index (χ2n) is 18.1. The fourth-order valence-corrected chi connectivity index (χ4v) is 146.